The molecule has 0 bridgehead atoms. The second-order valence-corrected chi connectivity index (χ2v) is 12.8. The van der Waals surface area contributed by atoms with Crippen LogP contribution in [-0.2, 0) is 26.2 Å². The molecular formula is C32H40ClN3O4S. The Morgan fingerprint density at radius 1 is 0.878 bits per heavy atom. The summed E-state index contributed by atoms with van der Waals surface area (Å²) in [6, 6.07) is 18.2. The molecule has 0 aromatic heterocycles. The third-order valence-electron chi connectivity index (χ3n) is 7.19. The van der Waals surface area contributed by atoms with Crippen molar-refractivity contribution in [2.75, 3.05) is 10.8 Å². The van der Waals surface area contributed by atoms with E-state index in [-0.39, 0.29) is 29.1 Å². The molecule has 0 heterocycles. The molecule has 3 aromatic carbocycles. The molecule has 0 radical (unpaired) electrons. The number of hydrogen-bond acceptors (Lipinski definition) is 4. The fourth-order valence-electron chi connectivity index (χ4n) is 4.35. The Bertz CT molecular complexity index is 1460. The highest BCUT2D eigenvalue weighted by atomic mass is 35.5. The zero-order chi connectivity index (χ0) is 30.3. The minimum atomic E-state index is -4.16. The van der Waals surface area contributed by atoms with Crippen molar-refractivity contribution in [1.29, 1.82) is 0 Å². The van der Waals surface area contributed by atoms with E-state index in [0.29, 0.717) is 11.4 Å². The molecule has 41 heavy (non-hydrogen) atoms. The van der Waals surface area contributed by atoms with Gasteiger partial charge in [-0.05, 0) is 75.9 Å². The molecular weight excluding hydrogens is 558 g/mol. The quantitative estimate of drug-likeness (QED) is 0.270. The number of carbonyl (C=O) groups is 2. The van der Waals surface area contributed by atoms with Gasteiger partial charge in [0.2, 0.25) is 11.8 Å². The van der Waals surface area contributed by atoms with Gasteiger partial charge in [-0.15, -0.1) is 0 Å². The Hall–Kier alpha value is -3.36. The maximum Gasteiger partial charge on any atom is 0.264 e. The van der Waals surface area contributed by atoms with Gasteiger partial charge < -0.3 is 10.2 Å². The lowest BCUT2D eigenvalue weighted by atomic mass is 10.1. The summed E-state index contributed by atoms with van der Waals surface area (Å²) in [7, 11) is -4.16. The average Bonchev–Trinajstić information content (AvgIpc) is 2.94. The highest BCUT2D eigenvalue weighted by molar-refractivity contribution is 7.92. The molecule has 0 spiro atoms. The lowest BCUT2D eigenvalue weighted by Gasteiger charge is -2.34. The summed E-state index contributed by atoms with van der Waals surface area (Å²) in [4.78, 5) is 29.1. The van der Waals surface area contributed by atoms with Crippen LogP contribution in [0.4, 0.5) is 5.69 Å². The number of amides is 2. The first-order valence-electron chi connectivity index (χ1n) is 13.9. The number of aryl methyl sites for hydroxylation is 3. The summed E-state index contributed by atoms with van der Waals surface area (Å²) in [5, 5.41) is 3.37. The van der Waals surface area contributed by atoms with Crippen LogP contribution >= 0.6 is 11.6 Å². The van der Waals surface area contributed by atoms with Crippen molar-refractivity contribution in [1.82, 2.24) is 10.2 Å². The Balaban J connectivity index is 2.08. The van der Waals surface area contributed by atoms with E-state index < -0.39 is 28.5 Å². The van der Waals surface area contributed by atoms with Crippen molar-refractivity contribution < 1.29 is 18.0 Å². The minimum Gasteiger partial charge on any atom is -0.352 e. The van der Waals surface area contributed by atoms with Crippen molar-refractivity contribution in [3.63, 3.8) is 0 Å². The molecule has 2 amide bonds. The molecule has 0 fully saturated rings. The summed E-state index contributed by atoms with van der Waals surface area (Å²) in [5.74, 6) is -0.766. The van der Waals surface area contributed by atoms with E-state index in [9.17, 15) is 18.0 Å². The van der Waals surface area contributed by atoms with E-state index in [1.807, 2.05) is 65.8 Å². The van der Waals surface area contributed by atoms with Crippen LogP contribution in [0, 0.1) is 20.8 Å². The molecule has 0 aliphatic heterocycles. The summed E-state index contributed by atoms with van der Waals surface area (Å²) >= 11 is 6.40. The molecule has 2 atom stereocenters. The fourth-order valence-corrected chi connectivity index (χ4v) is 5.93. The monoisotopic (exact) mass is 597 g/mol. The second-order valence-electron chi connectivity index (χ2n) is 10.5. The Morgan fingerprint density at radius 2 is 1.46 bits per heavy atom. The van der Waals surface area contributed by atoms with Gasteiger partial charge in [0.25, 0.3) is 10.0 Å². The van der Waals surface area contributed by atoms with Gasteiger partial charge in [0.15, 0.2) is 0 Å². The van der Waals surface area contributed by atoms with Gasteiger partial charge in [-0.1, -0.05) is 79.0 Å². The van der Waals surface area contributed by atoms with Crippen LogP contribution < -0.4 is 9.62 Å². The second kappa shape index (κ2) is 14.0. The van der Waals surface area contributed by atoms with Gasteiger partial charge in [-0.3, -0.25) is 13.9 Å². The number of hydrogen-bond donors (Lipinski definition) is 1. The number of benzene rings is 3. The molecule has 3 aromatic rings. The van der Waals surface area contributed by atoms with E-state index in [0.717, 1.165) is 33.0 Å². The van der Waals surface area contributed by atoms with E-state index in [1.54, 1.807) is 30.3 Å². The lowest BCUT2D eigenvalue weighted by Crippen LogP contribution is -2.53. The minimum absolute atomic E-state index is 0.0548. The summed E-state index contributed by atoms with van der Waals surface area (Å²) in [6.45, 7) is 11.0. The van der Waals surface area contributed by atoms with Crippen LogP contribution in [0.1, 0.15) is 55.9 Å². The van der Waals surface area contributed by atoms with E-state index in [1.165, 1.54) is 17.0 Å². The number of rotatable bonds is 12. The zero-order valence-electron chi connectivity index (χ0n) is 24.6. The van der Waals surface area contributed by atoms with Gasteiger partial charge in [-0.25, -0.2) is 8.42 Å². The first-order chi connectivity index (χ1) is 19.4. The lowest BCUT2D eigenvalue weighted by molar-refractivity contribution is -0.140. The Labute approximate surface area is 249 Å². The number of sulfonamides is 1. The van der Waals surface area contributed by atoms with Crippen LogP contribution in [-0.4, -0.2) is 43.8 Å². The Kier molecular flexibility index (Phi) is 11.0. The van der Waals surface area contributed by atoms with Crippen molar-refractivity contribution in [2.45, 2.75) is 77.9 Å². The van der Waals surface area contributed by atoms with Crippen LogP contribution in [0.3, 0.4) is 0 Å². The molecule has 3 rings (SSSR count). The van der Waals surface area contributed by atoms with Gasteiger partial charge in [0.1, 0.15) is 12.6 Å². The molecule has 0 saturated carbocycles. The van der Waals surface area contributed by atoms with Crippen molar-refractivity contribution in [2.24, 2.45) is 0 Å². The first-order valence-corrected chi connectivity index (χ1v) is 15.7. The molecule has 0 saturated heterocycles. The van der Waals surface area contributed by atoms with Gasteiger partial charge in [0, 0.05) is 17.6 Å². The number of nitrogens with zero attached hydrogens (tertiary/aromatic N) is 2. The normalized spacial score (nSPS) is 12.9. The standard InChI is InChI=1S/C32H40ClN3O4S/c1-7-25(6)34-32(38)30(8-2)35(20-26-14-9-22(3)10-15-26)31(37)21-36(27-16-13-24(5)29(33)19-27)41(39,40)28-17-11-23(4)12-18-28/h9-19,25,30H,7-8,20-21H2,1-6H3,(H,34,38)/t25-,30+/m0/s1. The van der Waals surface area contributed by atoms with E-state index in [2.05, 4.69) is 5.32 Å². The van der Waals surface area contributed by atoms with Crippen molar-refractivity contribution in [3.05, 3.63) is 94.0 Å². The molecule has 220 valence electrons. The SMILES string of the molecule is CC[C@H](C(=O)N[C@@H](C)CC)N(Cc1ccc(C)cc1)C(=O)CN(c1ccc(C)c(Cl)c1)S(=O)(=O)c1ccc(C)cc1. The third kappa shape index (κ3) is 8.11. The highest BCUT2D eigenvalue weighted by Crippen LogP contribution is 2.29. The smallest absolute Gasteiger partial charge is 0.264 e. The summed E-state index contributed by atoms with van der Waals surface area (Å²) < 4.78 is 29.0. The third-order valence-corrected chi connectivity index (χ3v) is 9.39. The zero-order valence-corrected chi connectivity index (χ0v) is 26.2. The van der Waals surface area contributed by atoms with Gasteiger partial charge in [0.05, 0.1) is 10.6 Å². The number of nitrogens with one attached hydrogen (secondary N) is 1. The largest absolute Gasteiger partial charge is 0.352 e. The maximum absolute atomic E-state index is 14.1. The molecule has 0 aliphatic rings. The highest BCUT2D eigenvalue weighted by Gasteiger charge is 2.34. The van der Waals surface area contributed by atoms with Crippen LogP contribution in [0.2, 0.25) is 5.02 Å². The van der Waals surface area contributed by atoms with Crippen LogP contribution in [0.5, 0.6) is 0 Å². The molecule has 0 aliphatic carbocycles. The number of halogens is 1. The van der Waals surface area contributed by atoms with Crippen molar-refractivity contribution in [3.8, 4) is 0 Å². The average molecular weight is 598 g/mol. The molecule has 9 heteroatoms. The summed E-state index contributed by atoms with van der Waals surface area (Å²) in [6.07, 6.45) is 1.10. The van der Waals surface area contributed by atoms with Gasteiger partial charge >= 0.3 is 0 Å². The molecule has 7 nitrogen and oxygen atoms in total. The fraction of sp³-hybridized carbons (Fsp3) is 0.375. The van der Waals surface area contributed by atoms with Crippen LogP contribution in [0.25, 0.3) is 0 Å². The first kappa shape index (κ1) is 32.2. The van der Waals surface area contributed by atoms with Crippen LogP contribution in [0.15, 0.2) is 71.6 Å². The van der Waals surface area contributed by atoms with Gasteiger partial charge in [-0.2, -0.15) is 0 Å². The molecule has 0 unspecified atom stereocenters. The summed E-state index contributed by atoms with van der Waals surface area (Å²) in [5.41, 5.74) is 3.86. The predicted octanol–water partition coefficient (Wildman–Crippen LogP) is 6.18. The van der Waals surface area contributed by atoms with E-state index >= 15 is 0 Å². The predicted molar refractivity (Wildman–Crippen MR) is 166 cm³/mol. The Morgan fingerprint density at radius 3 is 2.00 bits per heavy atom. The number of carbonyl (C=O) groups excluding carboxylic acids is 2. The van der Waals surface area contributed by atoms with E-state index in [4.69, 9.17) is 11.6 Å². The number of anilines is 1. The maximum atomic E-state index is 14.1. The topological polar surface area (TPSA) is 86.8 Å². The molecule has 1 N–H and O–H groups in total. The van der Waals surface area contributed by atoms with Crippen molar-refractivity contribution >= 4 is 39.1 Å².